The van der Waals surface area contributed by atoms with Crippen LogP contribution in [0.1, 0.15) is 22.3 Å². The maximum atomic E-state index is 12.0. The molecular weight excluding hydrogens is 252 g/mol. The second-order valence-corrected chi connectivity index (χ2v) is 4.35. The first kappa shape index (κ1) is 14.8. The van der Waals surface area contributed by atoms with Crippen molar-refractivity contribution in [2.45, 2.75) is 19.4 Å². The predicted octanol–water partition coefficient (Wildman–Crippen LogP) is 1.52. The highest BCUT2D eigenvalue weighted by Crippen LogP contribution is 2.19. The summed E-state index contributed by atoms with van der Waals surface area (Å²) >= 11 is 0. The maximum Gasteiger partial charge on any atom is 0.251 e. The van der Waals surface area contributed by atoms with E-state index in [0.717, 1.165) is 30.8 Å². The molecule has 1 heterocycles. The summed E-state index contributed by atoms with van der Waals surface area (Å²) in [4.78, 5) is 12.0. The van der Waals surface area contributed by atoms with Crippen LogP contribution in [0.15, 0.2) is 18.2 Å². The fourth-order valence-electron chi connectivity index (χ4n) is 2.01. The highest BCUT2D eigenvalue weighted by molar-refractivity contribution is 5.95. The summed E-state index contributed by atoms with van der Waals surface area (Å²) in [6.07, 6.45) is 0.995. The van der Waals surface area contributed by atoms with Gasteiger partial charge in [0.25, 0.3) is 5.91 Å². The molecule has 18 heavy (non-hydrogen) atoms. The van der Waals surface area contributed by atoms with Crippen molar-refractivity contribution in [3.05, 3.63) is 29.3 Å². The Hall–Kier alpha value is -1.26. The number of aryl methyl sites for hydroxylation is 1. The number of hydrogen-bond donors (Lipinski definition) is 2. The Morgan fingerprint density at radius 1 is 1.50 bits per heavy atom. The Morgan fingerprint density at radius 3 is 2.89 bits per heavy atom. The zero-order chi connectivity index (χ0) is 12.3. The monoisotopic (exact) mass is 270 g/mol. The topological polar surface area (TPSA) is 50.4 Å². The lowest BCUT2D eigenvalue weighted by atomic mass is 10.1. The highest BCUT2D eigenvalue weighted by Gasteiger charge is 2.17. The van der Waals surface area contributed by atoms with Crippen LogP contribution in [0.25, 0.3) is 0 Å². The van der Waals surface area contributed by atoms with Crippen molar-refractivity contribution in [2.75, 3.05) is 20.2 Å². The molecule has 1 aliphatic rings. The zero-order valence-corrected chi connectivity index (χ0v) is 11.5. The smallest absolute Gasteiger partial charge is 0.251 e. The molecule has 0 saturated carbocycles. The van der Waals surface area contributed by atoms with Gasteiger partial charge in [0.15, 0.2) is 0 Å². The van der Waals surface area contributed by atoms with E-state index in [1.165, 1.54) is 0 Å². The SMILES string of the molecule is COc1cc(C(=O)NC2CCNC2)ccc1C.Cl. The quantitative estimate of drug-likeness (QED) is 0.876. The van der Waals surface area contributed by atoms with Crippen molar-refractivity contribution < 1.29 is 9.53 Å². The first-order chi connectivity index (χ1) is 8.20. The van der Waals surface area contributed by atoms with E-state index in [0.29, 0.717) is 5.56 Å². The molecule has 100 valence electrons. The van der Waals surface area contributed by atoms with E-state index >= 15 is 0 Å². The number of benzene rings is 1. The maximum absolute atomic E-state index is 12.0. The molecular formula is C13H19ClN2O2. The first-order valence-corrected chi connectivity index (χ1v) is 5.87. The lowest BCUT2D eigenvalue weighted by molar-refractivity contribution is 0.0939. The molecule has 1 saturated heterocycles. The van der Waals surface area contributed by atoms with Gasteiger partial charge in [0, 0.05) is 18.2 Å². The molecule has 0 aliphatic carbocycles. The summed E-state index contributed by atoms with van der Waals surface area (Å²) in [5.74, 6) is 0.721. The number of ether oxygens (including phenoxy) is 1. The van der Waals surface area contributed by atoms with Crippen molar-refractivity contribution in [2.24, 2.45) is 0 Å². The Labute approximate surface area is 114 Å². The molecule has 1 aromatic carbocycles. The van der Waals surface area contributed by atoms with Crippen LogP contribution in [0.5, 0.6) is 5.75 Å². The molecule has 1 fully saturated rings. The van der Waals surface area contributed by atoms with Crippen molar-refractivity contribution >= 4 is 18.3 Å². The lowest BCUT2D eigenvalue weighted by Gasteiger charge is -2.12. The molecule has 0 spiro atoms. The van der Waals surface area contributed by atoms with E-state index < -0.39 is 0 Å². The Morgan fingerprint density at radius 2 is 2.28 bits per heavy atom. The third-order valence-electron chi connectivity index (χ3n) is 3.07. The Balaban J connectivity index is 0.00000162. The molecule has 1 amide bonds. The molecule has 5 heteroatoms. The third kappa shape index (κ3) is 3.37. The minimum atomic E-state index is -0.0306. The number of rotatable bonds is 3. The summed E-state index contributed by atoms with van der Waals surface area (Å²) in [5, 5.41) is 6.23. The van der Waals surface area contributed by atoms with Crippen LogP contribution in [-0.2, 0) is 0 Å². The van der Waals surface area contributed by atoms with Gasteiger partial charge in [-0.05, 0) is 37.6 Å². The summed E-state index contributed by atoms with van der Waals surface area (Å²) in [5.41, 5.74) is 1.69. The van der Waals surface area contributed by atoms with Gasteiger partial charge in [-0.15, -0.1) is 12.4 Å². The van der Waals surface area contributed by atoms with Crippen molar-refractivity contribution in [1.82, 2.24) is 10.6 Å². The van der Waals surface area contributed by atoms with Gasteiger partial charge >= 0.3 is 0 Å². The van der Waals surface area contributed by atoms with Crippen molar-refractivity contribution in [3.8, 4) is 5.75 Å². The largest absolute Gasteiger partial charge is 0.496 e. The van der Waals surface area contributed by atoms with Crippen LogP contribution < -0.4 is 15.4 Å². The highest BCUT2D eigenvalue weighted by atomic mass is 35.5. The van der Waals surface area contributed by atoms with Gasteiger partial charge in [-0.2, -0.15) is 0 Å². The molecule has 4 nitrogen and oxygen atoms in total. The molecule has 1 aliphatic heterocycles. The van der Waals surface area contributed by atoms with E-state index in [1.807, 2.05) is 19.1 Å². The number of amides is 1. The van der Waals surface area contributed by atoms with E-state index in [-0.39, 0.29) is 24.4 Å². The minimum Gasteiger partial charge on any atom is -0.496 e. The Bertz CT molecular complexity index is 417. The molecule has 1 aromatic rings. The second-order valence-electron chi connectivity index (χ2n) is 4.35. The number of nitrogens with one attached hydrogen (secondary N) is 2. The van der Waals surface area contributed by atoms with Gasteiger partial charge in [-0.3, -0.25) is 4.79 Å². The second kappa shape index (κ2) is 6.61. The average Bonchev–Trinajstić information content (AvgIpc) is 2.82. The van der Waals surface area contributed by atoms with Gasteiger partial charge in [0.05, 0.1) is 7.11 Å². The summed E-state index contributed by atoms with van der Waals surface area (Å²) in [6, 6.07) is 5.76. The van der Waals surface area contributed by atoms with Crippen LogP contribution in [0.4, 0.5) is 0 Å². The van der Waals surface area contributed by atoms with E-state index in [2.05, 4.69) is 10.6 Å². The van der Waals surface area contributed by atoms with Crippen LogP contribution in [0.2, 0.25) is 0 Å². The van der Waals surface area contributed by atoms with Crippen molar-refractivity contribution in [1.29, 1.82) is 0 Å². The molecule has 0 bridgehead atoms. The lowest BCUT2D eigenvalue weighted by Crippen LogP contribution is -2.36. The fraction of sp³-hybridized carbons (Fsp3) is 0.462. The predicted molar refractivity (Wildman–Crippen MR) is 73.7 cm³/mol. The van der Waals surface area contributed by atoms with Crippen LogP contribution in [0.3, 0.4) is 0 Å². The molecule has 2 rings (SSSR count). The van der Waals surface area contributed by atoms with Gasteiger partial charge in [-0.25, -0.2) is 0 Å². The first-order valence-electron chi connectivity index (χ1n) is 5.87. The molecule has 1 unspecified atom stereocenters. The fourth-order valence-corrected chi connectivity index (χ4v) is 2.01. The minimum absolute atomic E-state index is 0. The summed E-state index contributed by atoms with van der Waals surface area (Å²) in [7, 11) is 1.62. The van der Waals surface area contributed by atoms with Crippen molar-refractivity contribution in [3.63, 3.8) is 0 Å². The molecule has 1 atom stereocenters. The number of hydrogen-bond acceptors (Lipinski definition) is 3. The van der Waals surface area contributed by atoms with E-state index in [1.54, 1.807) is 13.2 Å². The Kier molecular flexibility index (Phi) is 5.44. The van der Waals surface area contributed by atoms with Gasteiger partial charge in [-0.1, -0.05) is 6.07 Å². The average molecular weight is 271 g/mol. The summed E-state index contributed by atoms with van der Waals surface area (Å²) < 4.78 is 5.21. The third-order valence-corrected chi connectivity index (χ3v) is 3.07. The van der Waals surface area contributed by atoms with Gasteiger partial charge < -0.3 is 15.4 Å². The number of halogens is 1. The van der Waals surface area contributed by atoms with Gasteiger partial charge in [0.2, 0.25) is 0 Å². The van der Waals surface area contributed by atoms with Crippen LogP contribution in [-0.4, -0.2) is 32.1 Å². The number of methoxy groups -OCH3 is 1. The molecule has 0 radical (unpaired) electrons. The normalized spacial score (nSPS) is 18.0. The van der Waals surface area contributed by atoms with E-state index in [9.17, 15) is 4.79 Å². The molecule has 0 aromatic heterocycles. The van der Waals surface area contributed by atoms with Gasteiger partial charge in [0.1, 0.15) is 5.75 Å². The van der Waals surface area contributed by atoms with Crippen LogP contribution >= 0.6 is 12.4 Å². The van der Waals surface area contributed by atoms with Crippen LogP contribution in [0, 0.1) is 6.92 Å². The molecule has 2 N–H and O–H groups in total. The van der Waals surface area contributed by atoms with E-state index in [4.69, 9.17) is 4.74 Å². The number of carbonyl (C=O) groups is 1. The standard InChI is InChI=1S/C13H18N2O2.ClH/c1-9-3-4-10(7-12(9)17-2)13(16)15-11-5-6-14-8-11;/h3-4,7,11,14H,5-6,8H2,1-2H3,(H,15,16);1H. The summed E-state index contributed by atoms with van der Waals surface area (Å²) in [6.45, 7) is 3.79. The zero-order valence-electron chi connectivity index (χ0n) is 10.7. The number of carbonyl (C=O) groups excluding carboxylic acids is 1.